The smallest absolute Gasteiger partial charge is 0.258 e. The van der Waals surface area contributed by atoms with E-state index in [9.17, 15) is 9.18 Å². The summed E-state index contributed by atoms with van der Waals surface area (Å²) in [5.74, 6) is -0.629. The number of aromatic nitrogens is 5. The summed E-state index contributed by atoms with van der Waals surface area (Å²) in [5, 5.41) is 4.87. The SMILES string of the molecule is [C-]#[N+]c1ccn2ncc(C(=O)N3CCc4[nH]cnc4[C@H]3c3nc4c(F)cccc4s3)c2c1. The Kier molecular flexibility index (Phi) is 4.06. The second-order valence-corrected chi connectivity index (χ2v) is 8.50. The molecule has 32 heavy (non-hydrogen) atoms. The first-order valence-electron chi connectivity index (χ1n) is 9.87. The molecule has 1 aromatic carbocycles. The summed E-state index contributed by atoms with van der Waals surface area (Å²) in [6, 6.07) is 7.60. The molecule has 1 N–H and O–H groups in total. The van der Waals surface area contributed by atoms with Gasteiger partial charge in [0, 0.05) is 24.9 Å². The minimum atomic E-state index is -0.548. The van der Waals surface area contributed by atoms with Crippen LogP contribution in [0.25, 0.3) is 20.6 Å². The van der Waals surface area contributed by atoms with Crippen molar-refractivity contribution in [2.75, 3.05) is 6.54 Å². The van der Waals surface area contributed by atoms with Crippen LogP contribution in [0.3, 0.4) is 0 Å². The molecular formula is C22H14FN7OS. The summed E-state index contributed by atoms with van der Waals surface area (Å²) in [6.45, 7) is 7.72. The highest BCUT2D eigenvalue weighted by atomic mass is 32.1. The van der Waals surface area contributed by atoms with Crippen molar-refractivity contribution in [3.05, 3.63) is 88.2 Å². The van der Waals surface area contributed by atoms with Crippen LogP contribution in [0.1, 0.15) is 32.8 Å². The molecule has 5 heterocycles. The maximum atomic E-state index is 14.3. The maximum Gasteiger partial charge on any atom is 0.258 e. The highest BCUT2D eigenvalue weighted by molar-refractivity contribution is 7.18. The molecule has 8 nitrogen and oxygen atoms in total. The zero-order chi connectivity index (χ0) is 21.8. The van der Waals surface area contributed by atoms with Crippen molar-refractivity contribution < 1.29 is 9.18 Å². The number of nitrogens with one attached hydrogen (secondary N) is 1. The minimum Gasteiger partial charge on any atom is -0.348 e. The number of hydrogen-bond acceptors (Lipinski definition) is 5. The third kappa shape index (κ3) is 2.72. The van der Waals surface area contributed by atoms with Crippen LogP contribution in [0, 0.1) is 12.4 Å². The Morgan fingerprint density at radius 3 is 3.09 bits per heavy atom. The van der Waals surface area contributed by atoms with Crippen molar-refractivity contribution in [1.29, 1.82) is 0 Å². The Labute approximate surface area is 184 Å². The summed E-state index contributed by atoms with van der Waals surface area (Å²) in [6.07, 6.45) is 5.40. The number of benzene rings is 1. The van der Waals surface area contributed by atoms with Crippen LogP contribution in [0.5, 0.6) is 0 Å². The highest BCUT2D eigenvalue weighted by Gasteiger charge is 2.37. The van der Waals surface area contributed by atoms with E-state index in [1.807, 2.05) is 6.07 Å². The van der Waals surface area contributed by atoms with Crippen LogP contribution in [-0.4, -0.2) is 41.9 Å². The number of nitrogens with zero attached hydrogens (tertiary/aromatic N) is 6. The predicted molar refractivity (Wildman–Crippen MR) is 116 cm³/mol. The number of rotatable bonds is 2. The van der Waals surface area contributed by atoms with Crippen LogP contribution in [0.2, 0.25) is 0 Å². The fraction of sp³-hybridized carbons (Fsp3) is 0.136. The zero-order valence-electron chi connectivity index (χ0n) is 16.5. The van der Waals surface area contributed by atoms with E-state index in [0.717, 1.165) is 5.69 Å². The Morgan fingerprint density at radius 2 is 2.25 bits per heavy atom. The van der Waals surface area contributed by atoms with E-state index >= 15 is 0 Å². The molecule has 4 aromatic heterocycles. The van der Waals surface area contributed by atoms with E-state index in [2.05, 4.69) is 24.9 Å². The third-order valence-corrected chi connectivity index (χ3v) is 6.74. The lowest BCUT2D eigenvalue weighted by atomic mass is 10.0. The molecular weight excluding hydrogens is 429 g/mol. The van der Waals surface area contributed by atoms with Crippen LogP contribution in [0.4, 0.5) is 10.1 Å². The van der Waals surface area contributed by atoms with Crippen molar-refractivity contribution in [1.82, 2.24) is 29.5 Å². The fourth-order valence-electron chi connectivity index (χ4n) is 4.15. The summed E-state index contributed by atoms with van der Waals surface area (Å²) < 4.78 is 16.6. The molecule has 0 aliphatic carbocycles. The van der Waals surface area contributed by atoms with Gasteiger partial charge in [-0.25, -0.2) is 23.7 Å². The minimum absolute atomic E-state index is 0.236. The third-order valence-electron chi connectivity index (χ3n) is 5.67. The molecule has 1 atom stereocenters. The zero-order valence-corrected chi connectivity index (χ0v) is 17.3. The summed E-state index contributed by atoms with van der Waals surface area (Å²) in [7, 11) is 0. The van der Waals surface area contributed by atoms with Gasteiger partial charge >= 0.3 is 0 Å². The standard InChI is InChI=1S/C22H14FN7OS/c1-24-12-5-8-30-16(9-12)13(10-27-30)22(31)29-7-6-15-19(26-11-25-15)20(29)21-28-18-14(23)3-2-4-17(18)32-21/h2-5,8-11,20H,6-7H2,(H,25,26)/t20-/m0/s1. The average Bonchev–Trinajstić information content (AvgIpc) is 3.55. The lowest BCUT2D eigenvalue weighted by Gasteiger charge is -2.33. The van der Waals surface area contributed by atoms with Gasteiger partial charge < -0.3 is 9.88 Å². The van der Waals surface area contributed by atoms with Crippen molar-refractivity contribution in [2.45, 2.75) is 12.5 Å². The van der Waals surface area contributed by atoms with E-state index < -0.39 is 11.9 Å². The van der Waals surface area contributed by atoms with Gasteiger partial charge in [0.15, 0.2) is 5.69 Å². The molecule has 0 fully saturated rings. The van der Waals surface area contributed by atoms with Gasteiger partial charge in [0.25, 0.3) is 5.91 Å². The number of pyridine rings is 1. The van der Waals surface area contributed by atoms with Gasteiger partial charge in [0.1, 0.15) is 22.4 Å². The van der Waals surface area contributed by atoms with Crippen LogP contribution in [0.15, 0.2) is 49.1 Å². The lowest BCUT2D eigenvalue weighted by molar-refractivity contribution is 0.0692. The second kappa shape index (κ2) is 6.96. The van der Waals surface area contributed by atoms with Crippen molar-refractivity contribution in [3.63, 3.8) is 0 Å². The predicted octanol–water partition coefficient (Wildman–Crippen LogP) is 4.14. The Morgan fingerprint density at radius 1 is 1.34 bits per heavy atom. The van der Waals surface area contributed by atoms with Gasteiger partial charge in [-0.1, -0.05) is 6.07 Å². The monoisotopic (exact) mass is 443 g/mol. The van der Waals surface area contributed by atoms with Crippen LogP contribution < -0.4 is 0 Å². The molecule has 0 saturated heterocycles. The van der Waals surface area contributed by atoms with Gasteiger partial charge in [-0.2, -0.15) is 5.10 Å². The van der Waals surface area contributed by atoms with Gasteiger partial charge in [-0.3, -0.25) is 4.79 Å². The van der Waals surface area contributed by atoms with Gasteiger partial charge in [0.2, 0.25) is 0 Å². The first-order chi connectivity index (χ1) is 15.6. The molecule has 0 radical (unpaired) electrons. The maximum absolute atomic E-state index is 14.3. The number of carbonyl (C=O) groups is 1. The van der Waals surface area contributed by atoms with Crippen molar-refractivity contribution in [3.8, 4) is 0 Å². The van der Waals surface area contributed by atoms with Crippen LogP contribution >= 0.6 is 11.3 Å². The Bertz CT molecular complexity index is 1560. The molecule has 0 unspecified atom stereocenters. The molecule has 5 aromatic rings. The number of carbonyl (C=O) groups excluding carboxylic acids is 1. The molecule has 6 rings (SSSR count). The largest absolute Gasteiger partial charge is 0.348 e. The van der Waals surface area contributed by atoms with E-state index in [0.29, 0.717) is 50.7 Å². The summed E-state index contributed by atoms with van der Waals surface area (Å²) >= 11 is 1.35. The molecule has 0 spiro atoms. The molecule has 156 valence electrons. The lowest BCUT2D eigenvalue weighted by Crippen LogP contribution is -2.40. The topological polar surface area (TPSA) is 83.5 Å². The number of H-pyrrole nitrogens is 1. The van der Waals surface area contributed by atoms with Crippen molar-refractivity contribution >= 4 is 38.7 Å². The number of aromatic amines is 1. The quantitative estimate of drug-likeness (QED) is 0.416. The average molecular weight is 443 g/mol. The number of para-hydroxylation sites is 1. The summed E-state index contributed by atoms with van der Waals surface area (Å²) in [4.78, 5) is 31.1. The fourth-order valence-corrected chi connectivity index (χ4v) is 5.25. The van der Waals surface area contributed by atoms with Crippen LogP contribution in [-0.2, 0) is 6.42 Å². The first kappa shape index (κ1) is 18.7. The number of fused-ring (bicyclic) bond motifs is 3. The molecule has 10 heteroatoms. The van der Waals surface area contributed by atoms with E-state index in [4.69, 9.17) is 6.57 Å². The molecule has 1 aliphatic rings. The number of imidazole rings is 1. The Hall–Kier alpha value is -4.10. The van der Waals surface area contributed by atoms with E-state index in [1.165, 1.54) is 23.6 Å². The molecule has 1 amide bonds. The number of halogens is 1. The molecule has 1 aliphatic heterocycles. The normalized spacial score (nSPS) is 15.8. The Balaban J connectivity index is 1.50. The van der Waals surface area contributed by atoms with Gasteiger partial charge in [0.05, 0.1) is 40.6 Å². The highest BCUT2D eigenvalue weighted by Crippen LogP contribution is 2.39. The molecule has 0 saturated carbocycles. The number of hydrogen-bond donors (Lipinski definition) is 1. The van der Waals surface area contributed by atoms with Crippen molar-refractivity contribution in [2.24, 2.45) is 0 Å². The number of amides is 1. The van der Waals surface area contributed by atoms with Gasteiger partial charge in [-0.15, -0.1) is 11.3 Å². The van der Waals surface area contributed by atoms with Gasteiger partial charge in [-0.05, 0) is 24.3 Å². The number of thiazole rings is 1. The first-order valence-corrected chi connectivity index (χ1v) is 10.7. The molecule has 0 bridgehead atoms. The van der Waals surface area contributed by atoms with E-state index in [1.54, 1.807) is 40.1 Å². The summed E-state index contributed by atoms with van der Waals surface area (Å²) in [5.41, 5.74) is 3.33. The van der Waals surface area contributed by atoms with E-state index in [-0.39, 0.29) is 5.91 Å². The second-order valence-electron chi connectivity index (χ2n) is 7.44.